The molecule has 0 bridgehead atoms. The number of nitrogens with one attached hydrogen (secondary N) is 1. The van der Waals surface area contributed by atoms with Crippen LogP contribution in [0.4, 0.5) is 5.95 Å². The molecule has 0 atom stereocenters. The second kappa shape index (κ2) is 5.82. The van der Waals surface area contributed by atoms with Gasteiger partial charge in [0.05, 0.1) is 4.90 Å². The van der Waals surface area contributed by atoms with Gasteiger partial charge in [-0.25, -0.2) is 13.4 Å². The maximum atomic E-state index is 13.1. The lowest BCUT2D eigenvalue weighted by Gasteiger charge is -2.05. The summed E-state index contributed by atoms with van der Waals surface area (Å²) in [7, 11) is -2.03. The van der Waals surface area contributed by atoms with E-state index < -0.39 is 9.84 Å². The van der Waals surface area contributed by atoms with Crippen molar-refractivity contribution in [2.75, 3.05) is 18.6 Å². The van der Waals surface area contributed by atoms with Gasteiger partial charge in [0.2, 0.25) is 15.8 Å². The minimum atomic E-state index is -3.73. The maximum Gasteiger partial charge on any atom is 0.227 e. The molecule has 0 unspecified atom stereocenters. The first-order valence-electron chi connectivity index (χ1n) is 6.78. The van der Waals surface area contributed by atoms with Gasteiger partial charge in [-0.05, 0) is 25.3 Å². The molecule has 0 spiro atoms. The van der Waals surface area contributed by atoms with E-state index in [1.165, 1.54) is 16.3 Å². The van der Waals surface area contributed by atoms with Gasteiger partial charge in [0.15, 0.2) is 10.5 Å². The van der Waals surface area contributed by atoms with E-state index in [1.807, 2.05) is 0 Å². The van der Waals surface area contributed by atoms with Gasteiger partial charge in [-0.2, -0.15) is 14.6 Å². The number of benzene rings is 1. The van der Waals surface area contributed by atoms with E-state index in [-0.39, 0.29) is 15.4 Å². The number of aromatic nitrogens is 4. The fraction of sp³-hybridized carbons (Fsp3) is 0.214. The molecule has 0 aliphatic heterocycles. The molecule has 2 aromatic heterocycles. The van der Waals surface area contributed by atoms with Gasteiger partial charge in [0, 0.05) is 7.05 Å². The molecular weight excluding hydrogens is 334 g/mol. The van der Waals surface area contributed by atoms with Crippen LogP contribution in [0.1, 0.15) is 5.82 Å². The molecule has 0 aliphatic rings. The van der Waals surface area contributed by atoms with Gasteiger partial charge < -0.3 is 5.32 Å². The average molecular weight is 349 g/mol. The molecule has 0 fully saturated rings. The topological polar surface area (TPSA) is 89.2 Å². The Hall–Kier alpha value is -2.13. The maximum absolute atomic E-state index is 13.1. The zero-order valence-corrected chi connectivity index (χ0v) is 14.4. The second-order valence-corrected chi connectivity index (χ2v) is 7.42. The summed E-state index contributed by atoms with van der Waals surface area (Å²) in [6.45, 7) is 1.71. The Morgan fingerprint density at radius 3 is 2.48 bits per heavy atom. The Labute approximate surface area is 138 Å². The predicted molar refractivity (Wildman–Crippen MR) is 88.7 cm³/mol. The Morgan fingerprint density at radius 2 is 1.87 bits per heavy atom. The summed E-state index contributed by atoms with van der Waals surface area (Å²) in [5, 5.41) is 7.65. The van der Waals surface area contributed by atoms with Crippen LogP contribution in [-0.2, 0) is 9.84 Å². The van der Waals surface area contributed by atoms with Crippen molar-refractivity contribution in [1.82, 2.24) is 19.6 Å². The average Bonchev–Trinajstić information content (AvgIpc) is 2.93. The molecule has 7 nitrogen and oxygen atoms in total. The van der Waals surface area contributed by atoms with Gasteiger partial charge in [0.1, 0.15) is 10.9 Å². The zero-order chi connectivity index (χ0) is 16.6. The van der Waals surface area contributed by atoms with Crippen molar-refractivity contribution in [3.05, 3.63) is 36.2 Å². The van der Waals surface area contributed by atoms with Crippen LogP contribution in [0.25, 0.3) is 5.65 Å². The van der Waals surface area contributed by atoms with E-state index in [1.54, 1.807) is 50.6 Å². The van der Waals surface area contributed by atoms with E-state index in [0.29, 0.717) is 16.8 Å². The molecule has 9 heteroatoms. The van der Waals surface area contributed by atoms with E-state index >= 15 is 0 Å². The van der Waals surface area contributed by atoms with E-state index in [0.717, 1.165) is 0 Å². The summed E-state index contributed by atoms with van der Waals surface area (Å²) >= 11 is 1.26. The molecule has 0 radical (unpaired) electrons. The number of sulfone groups is 1. The summed E-state index contributed by atoms with van der Waals surface area (Å²) in [6.07, 6.45) is 1.78. The molecule has 1 N–H and O–H groups in total. The molecule has 1 aromatic carbocycles. The quantitative estimate of drug-likeness (QED) is 0.721. The predicted octanol–water partition coefficient (Wildman–Crippen LogP) is 2.03. The number of aryl methyl sites for hydroxylation is 1. The Kier molecular flexibility index (Phi) is 3.99. The van der Waals surface area contributed by atoms with Gasteiger partial charge in [-0.1, -0.05) is 18.2 Å². The van der Waals surface area contributed by atoms with Gasteiger partial charge in [-0.3, -0.25) is 0 Å². The minimum absolute atomic E-state index is 0.109. The number of anilines is 1. The van der Waals surface area contributed by atoms with Crippen LogP contribution < -0.4 is 5.32 Å². The third kappa shape index (κ3) is 2.55. The molecule has 120 valence electrons. The molecule has 0 saturated carbocycles. The SMILES string of the molecule is CNc1nc(C)nc2c(S(=O)(=O)c3ccccc3)c(SC)nn12. The monoisotopic (exact) mass is 349 g/mol. The smallest absolute Gasteiger partial charge is 0.227 e. The molecular formula is C14H15N5O2S2. The number of rotatable bonds is 4. The first kappa shape index (κ1) is 15.8. The molecule has 0 saturated heterocycles. The number of hydrogen-bond donors (Lipinski definition) is 1. The third-order valence-corrected chi connectivity index (χ3v) is 5.87. The Balaban J connectivity index is 2.39. The first-order chi connectivity index (χ1) is 11.0. The summed E-state index contributed by atoms with van der Waals surface area (Å²) in [5.74, 6) is 0.913. The molecule has 0 aliphatic carbocycles. The molecule has 3 rings (SSSR count). The Morgan fingerprint density at radius 1 is 1.17 bits per heavy atom. The van der Waals surface area contributed by atoms with Crippen LogP contribution >= 0.6 is 11.8 Å². The molecule has 0 amide bonds. The largest absolute Gasteiger partial charge is 0.357 e. The highest BCUT2D eigenvalue weighted by molar-refractivity contribution is 7.99. The Bertz CT molecular complexity index is 968. The normalized spacial score (nSPS) is 11.8. The zero-order valence-electron chi connectivity index (χ0n) is 12.8. The molecule has 3 aromatic rings. The van der Waals surface area contributed by atoms with Crippen molar-refractivity contribution in [3.8, 4) is 0 Å². The highest BCUT2D eigenvalue weighted by Crippen LogP contribution is 2.32. The third-order valence-electron chi connectivity index (χ3n) is 3.26. The van der Waals surface area contributed by atoms with Crippen LogP contribution in [0.15, 0.2) is 45.1 Å². The molecule has 2 heterocycles. The fourth-order valence-corrected chi connectivity index (χ4v) is 4.66. The lowest BCUT2D eigenvalue weighted by molar-refractivity contribution is 0.594. The highest BCUT2D eigenvalue weighted by atomic mass is 32.2. The summed E-state index contributed by atoms with van der Waals surface area (Å²) in [4.78, 5) is 8.86. The molecule has 23 heavy (non-hydrogen) atoms. The number of fused-ring (bicyclic) bond motifs is 1. The summed E-state index contributed by atoms with van der Waals surface area (Å²) in [6, 6.07) is 8.29. The van der Waals surface area contributed by atoms with E-state index in [9.17, 15) is 8.42 Å². The number of nitrogens with zero attached hydrogens (tertiary/aromatic N) is 4. The lowest BCUT2D eigenvalue weighted by Crippen LogP contribution is -2.08. The van der Waals surface area contributed by atoms with Crippen LogP contribution in [0.5, 0.6) is 0 Å². The van der Waals surface area contributed by atoms with Crippen molar-refractivity contribution >= 4 is 33.2 Å². The van der Waals surface area contributed by atoms with Crippen molar-refractivity contribution in [1.29, 1.82) is 0 Å². The van der Waals surface area contributed by atoms with Crippen molar-refractivity contribution in [2.45, 2.75) is 21.7 Å². The summed E-state index contributed by atoms with van der Waals surface area (Å²) in [5.41, 5.74) is 0.273. The van der Waals surface area contributed by atoms with Crippen LogP contribution in [0, 0.1) is 6.92 Å². The van der Waals surface area contributed by atoms with Crippen LogP contribution in [0.3, 0.4) is 0 Å². The van der Waals surface area contributed by atoms with E-state index in [2.05, 4.69) is 20.4 Å². The number of thioether (sulfide) groups is 1. The first-order valence-corrected chi connectivity index (χ1v) is 9.49. The standard InChI is InChI=1S/C14H15N5O2S2/c1-9-16-12-11(23(20,21)10-7-5-4-6-8-10)13(22-3)18-19(12)14(15-2)17-9/h4-8H,1-3H3,(H,15,16,17). The number of hydrogen-bond acceptors (Lipinski definition) is 7. The highest BCUT2D eigenvalue weighted by Gasteiger charge is 2.29. The second-order valence-electron chi connectivity index (χ2n) is 4.73. The van der Waals surface area contributed by atoms with Gasteiger partial charge in [0.25, 0.3) is 0 Å². The lowest BCUT2D eigenvalue weighted by atomic mass is 10.4. The van der Waals surface area contributed by atoms with Crippen LogP contribution in [-0.4, -0.2) is 41.3 Å². The van der Waals surface area contributed by atoms with E-state index in [4.69, 9.17) is 0 Å². The van der Waals surface area contributed by atoms with Crippen molar-refractivity contribution < 1.29 is 8.42 Å². The van der Waals surface area contributed by atoms with Gasteiger partial charge in [-0.15, -0.1) is 11.8 Å². The van der Waals surface area contributed by atoms with Crippen LogP contribution in [0.2, 0.25) is 0 Å². The summed E-state index contributed by atoms with van der Waals surface area (Å²) < 4.78 is 27.5. The minimum Gasteiger partial charge on any atom is -0.357 e. The van der Waals surface area contributed by atoms with Crippen molar-refractivity contribution in [3.63, 3.8) is 0 Å². The van der Waals surface area contributed by atoms with Crippen molar-refractivity contribution in [2.24, 2.45) is 0 Å². The van der Waals surface area contributed by atoms with Gasteiger partial charge >= 0.3 is 0 Å². The fourth-order valence-electron chi connectivity index (χ4n) is 2.25.